The Bertz CT molecular complexity index is 433. The van der Waals surface area contributed by atoms with Crippen LogP contribution in [0.3, 0.4) is 0 Å². The van der Waals surface area contributed by atoms with E-state index < -0.39 is 11.0 Å². The first kappa shape index (κ1) is 13.8. The third-order valence-corrected chi connectivity index (χ3v) is 3.07. The molecule has 3 unspecified atom stereocenters. The molecule has 1 N–H and O–H groups in total. The van der Waals surface area contributed by atoms with E-state index in [1.54, 1.807) is 12.1 Å². The van der Waals surface area contributed by atoms with E-state index in [0.29, 0.717) is 18.8 Å². The van der Waals surface area contributed by atoms with Gasteiger partial charge in [-0.2, -0.15) is 0 Å². The van der Waals surface area contributed by atoms with Crippen molar-refractivity contribution in [2.75, 3.05) is 6.61 Å². The van der Waals surface area contributed by atoms with E-state index in [4.69, 9.17) is 9.47 Å². The highest BCUT2D eigenvalue weighted by atomic mass is 16.6. The predicted octanol–water partition coefficient (Wildman–Crippen LogP) is 1.90. The molecule has 0 heterocycles. The molecule has 1 aromatic carbocycles. The summed E-state index contributed by atoms with van der Waals surface area (Å²) in [6.45, 7) is 2.58. The second-order valence-electron chi connectivity index (χ2n) is 4.55. The van der Waals surface area contributed by atoms with Gasteiger partial charge in [-0.25, -0.2) is 0 Å². The third-order valence-electron chi connectivity index (χ3n) is 3.07. The largest absolute Gasteiger partial charge is 0.488 e. The fourth-order valence-corrected chi connectivity index (χ4v) is 1.97. The Labute approximate surface area is 111 Å². The van der Waals surface area contributed by atoms with E-state index in [0.717, 1.165) is 6.42 Å². The standard InChI is InChI=1S/C13H17NO5/c1-2-7-18-13-11(15)8-12(13)19-10-5-3-9(4-6-10)14(16)17/h3-6,11-13,15H,2,7-8H2,1H3. The van der Waals surface area contributed by atoms with Crippen molar-refractivity contribution in [3.05, 3.63) is 34.4 Å². The molecule has 0 aromatic heterocycles. The van der Waals surface area contributed by atoms with Crippen LogP contribution in [0.1, 0.15) is 19.8 Å². The van der Waals surface area contributed by atoms with Crippen LogP contribution in [-0.4, -0.2) is 34.9 Å². The molecule has 1 fully saturated rings. The van der Waals surface area contributed by atoms with Crippen LogP contribution in [0.4, 0.5) is 5.69 Å². The van der Waals surface area contributed by atoms with Gasteiger partial charge >= 0.3 is 0 Å². The van der Waals surface area contributed by atoms with Gasteiger partial charge < -0.3 is 14.6 Å². The van der Waals surface area contributed by atoms with E-state index in [-0.39, 0.29) is 17.9 Å². The van der Waals surface area contributed by atoms with Gasteiger partial charge in [-0.3, -0.25) is 10.1 Å². The van der Waals surface area contributed by atoms with Gasteiger partial charge in [-0.05, 0) is 18.6 Å². The normalized spacial score (nSPS) is 25.7. The van der Waals surface area contributed by atoms with Gasteiger partial charge in [0.05, 0.1) is 11.0 Å². The number of nitrogens with zero attached hydrogens (tertiary/aromatic N) is 1. The van der Waals surface area contributed by atoms with Crippen LogP contribution in [0.5, 0.6) is 5.75 Å². The van der Waals surface area contributed by atoms with Crippen LogP contribution in [0.2, 0.25) is 0 Å². The number of nitro benzene ring substituents is 1. The van der Waals surface area contributed by atoms with Crippen molar-refractivity contribution in [3.8, 4) is 5.75 Å². The molecular formula is C13H17NO5. The minimum atomic E-state index is -0.491. The SMILES string of the molecule is CCCOC1C(O)CC1Oc1ccc([N+](=O)[O-])cc1. The monoisotopic (exact) mass is 267 g/mol. The smallest absolute Gasteiger partial charge is 0.269 e. The first-order chi connectivity index (χ1) is 9.11. The van der Waals surface area contributed by atoms with Gasteiger partial charge in [0, 0.05) is 25.2 Å². The maximum atomic E-state index is 10.5. The summed E-state index contributed by atoms with van der Waals surface area (Å²) in [7, 11) is 0. The zero-order chi connectivity index (χ0) is 13.8. The van der Waals surface area contributed by atoms with Crippen LogP contribution in [0.25, 0.3) is 0 Å². The predicted molar refractivity (Wildman–Crippen MR) is 68.2 cm³/mol. The van der Waals surface area contributed by atoms with Gasteiger partial charge in [-0.15, -0.1) is 0 Å². The number of aliphatic hydroxyl groups excluding tert-OH is 1. The molecule has 2 rings (SSSR count). The first-order valence-electron chi connectivity index (χ1n) is 6.32. The molecule has 3 atom stereocenters. The highest BCUT2D eigenvalue weighted by molar-refractivity contribution is 5.36. The Balaban J connectivity index is 1.92. The lowest BCUT2D eigenvalue weighted by atomic mass is 9.88. The van der Waals surface area contributed by atoms with Gasteiger partial charge in [0.2, 0.25) is 0 Å². The lowest BCUT2D eigenvalue weighted by Crippen LogP contribution is -2.55. The summed E-state index contributed by atoms with van der Waals surface area (Å²) >= 11 is 0. The van der Waals surface area contributed by atoms with Crippen molar-refractivity contribution in [3.63, 3.8) is 0 Å². The van der Waals surface area contributed by atoms with Crippen molar-refractivity contribution >= 4 is 5.69 Å². The Morgan fingerprint density at radius 1 is 1.42 bits per heavy atom. The van der Waals surface area contributed by atoms with Crippen molar-refractivity contribution in [1.82, 2.24) is 0 Å². The maximum absolute atomic E-state index is 10.5. The van der Waals surface area contributed by atoms with E-state index >= 15 is 0 Å². The zero-order valence-corrected chi connectivity index (χ0v) is 10.7. The Morgan fingerprint density at radius 2 is 2.11 bits per heavy atom. The van der Waals surface area contributed by atoms with Crippen LogP contribution >= 0.6 is 0 Å². The van der Waals surface area contributed by atoms with E-state index in [1.807, 2.05) is 6.92 Å². The second kappa shape index (κ2) is 5.99. The highest BCUT2D eigenvalue weighted by Gasteiger charge is 2.42. The molecule has 1 aromatic rings. The van der Waals surface area contributed by atoms with Crippen molar-refractivity contribution < 1.29 is 19.5 Å². The summed E-state index contributed by atoms with van der Waals surface area (Å²) < 4.78 is 11.2. The molecular weight excluding hydrogens is 250 g/mol. The highest BCUT2D eigenvalue weighted by Crippen LogP contribution is 2.29. The van der Waals surface area contributed by atoms with Crippen LogP contribution in [-0.2, 0) is 4.74 Å². The number of hydrogen-bond donors (Lipinski definition) is 1. The number of benzene rings is 1. The van der Waals surface area contributed by atoms with Gasteiger partial charge in [-0.1, -0.05) is 6.92 Å². The average Bonchev–Trinajstić information content (AvgIpc) is 2.39. The maximum Gasteiger partial charge on any atom is 0.269 e. The molecule has 0 radical (unpaired) electrons. The summed E-state index contributed by atoms with van der Waals surface area (Å²) in [5.74, 6) is 0.549. The van der Waals surface area contributed by atoms with Crippen LogP contribution in [0, 0.1) is 10.1 Å². The summed E-state index contributed by atoms with van der Waals surface area (Å²) in [6, 6.07) is 5.90. The quantitative estimate of drug-likeness (QED) is 0.628. The number of non-ortho nitro benzene ring substituents is 1. The van der Waals surface area contributed by atoms with E-state index in [1.165, 1.54) is 12.1 Å². The lowest BCUT2D eigenvalue weighted by molar-refractivity contribution is -0.384. The molecule has 0 saturated heterocycles. The van der Waals surface area contributed by atoms with Gasteiger partial charge in [0.25, 0.3) is 5.69 Å². The van der Waals surface area contributed by atoms with Crippen molar-refractivity contribution in [2.24, 2.45) is 0 Å². The van der Waals surface area contributed by atoms with Crippen molar-refractivity contribution in [2.45, 2.75) is 38.1 Å². The summed E-state index contributed by atoms with van der Waals surface area (Å²) in [4.78, 5) is 10.1. The van der Waals surface area contributed by atoms with Gasteiger partial charge in [0.1, 0.15) is 18.0 Å². The molecule has 0 aliphatic heterocycles. The fraction of sp³-hybridized carbons (Fsp3) is 0.538. The summed E-state index contributed by atoms with van der Waals surface area (Å²) in [5, 5.41) is 20.1. The second-order valence-corrected chi connectivity index (χ2v) is 4.55. The molecule has 19 heavy (non-hydrogen) atoms. The summed E-state index contributed by atoms with van der Waals surface area (Å²) in [5.41, 5.74) is 0.0276. The zero-order valence-electron chi connectivity index (χ0n) is 10.7. The molecule has 6 heteroatoms. The molecule has 0 spiro atoms. The minimum Gasteiger partial charge on any atom is -0.488 e. The Hall–Kier alpha value is -1.66. The fourth-order valence-electron chi connectivity index (χ4n) is 1.97. The average molecular weight is 267 g/mol. The van der Waals surface area contributed by atoms with Gasteiger partial charge in [0.15, 0.2) is 0 Å². The Morgan fingerprint density at radius 3 is 2.63 bits per heavy atom. The molecule has 1 saturated carbocycles. The van der Waals surface area contributed by atoms with Crippen molar-refractivity contribution in [1.29, 1.82) is 0 Å². The third kappa shape index (κ3) is 3.21. The van der Waals surface area contributed by atoms with E-state index in [9.17, 15) is 15.2 Å². The Kier molecular flexibility index (Phi) is 4.34. The number of rotatable bonds is 6. The molecule has 1 aliphatic rings. The number of nitro groups is 1. The first-order valence-corrected chi connectivity index (χ1v) is 6.32. The molecule has 0 bridgehead atoms. The van der Waals surface area contributed by atoms with Crippen LogP contribution in [0.15, 0.2) is 24.3 Å². The summed E-state index contributed by atoms with van der Waals surface area (Å²) in [6.07, 6.45) is 0.409. The topological polar surface area (TPSA) is 81.8 Å². The minimum absolute atomic E-state index is 0.0276. The molecule has 1 aliphatic carbocycles. The number of ether oxygens (including phenoxy) is 2. The number of hydrogen-bond acceptors (Lipinski definition) is 5. The lowest BCUT2D eigenvalue weighted by Gasteiger charge is -2.40. The molecule has 6 nitrogen and oxygen atoms in total. The van der Waals surface area contributed by atoms with E-state index in [2.05, 4.69) is 0 Å². The molecule has 0 amide bonds. The van der Waals surface area contributed by atoms with Crippen LogP contribution < -0.4 is 4.74 Å². The number of aliphatic hydroxyl groups is 1. The molecule has 104 valence electrons.